The summed E-state index contributed by atoms with van der Waals surface area (Å²) in [4.78, 5) is 0. The predicted molar refractivity (Wildman–Crippen MR) is 68.0 cm³/mol. The molecule has 4 heteroatoms. The topological polar surface area (TPSA) is 30.5 Å². The van der Waals surface area contributed by atoms with E-state index in [2.05, 4.69) is 5.32 Å². The summed E-state index contributed by atoms with van der Waals surface area (Å²) in [6, 6.07) is 6.57. The van der Waals surface area contributed by atoms with Crippen molar-refractivity contribution in [2.75, 3.05) is 26.8 Å². The summed E-state index contributed by atoms with van der Waals surface area (Å²) in [5.41, 5.74) is 0.863. The molecule has 2 unspecified atom stereocenters. The van der Waals surface area contributed by atoms with Crippen LogP contribution in [0.2, 0.25) is 0 Å². The van der Waals surface area contributed by atoms with E-state index in [4.69, 9.17) is 9.47 Å². The van der Waals surface area contributed by atoms with E-state index in [0.29, 0.717) is 13.2 Å². The Kier molecular flexibility index (Phi) is 5.11. The predicted octanol–water partition coefficient (Wildman–Crippen LogP) is 2.28. The lowest BCUT2D eigenvalue weighted by Crippen LogP contribution is -2.24. The summed E-state index contributed by atoms with van der Waals surface area (Å²) in [7, 11) is 1.86. The van der Waals surface area contributed by atoms with Gasteiger partial charge in [-0.2, -0.15) is 0 Å². The molecule has 1 N–H and O–H groups in total. The molecule has 0 bridgehead atoms. The van der Waals surface area contributed by atoms with E-state index >= 15 is 0 Å². The Morgan fingerprint density at radius 3 is 3.11 bits per heavy atom. The van der Waals surface area contributed by atoms with Gasteiger partial charge in [-0.25, -0.2) is 4.39 Å². The van der Waals surface area contributed by atoms with Gasteiger partial charge in [-0.15, -0.1) is 0 Å². The zero-order valence-electron chi connectivity index (χ0n) is 10.7. The zero-order valence-corrected chi connectivity index (χ0v) is 10.7. The number of likely N-dealkylation sites (N-methyl/N-ethyl adjacent to an activating group) is 1. The zero-order chi connectivity index (χ0) is 12.8. The van der Waals surface area contributed by atoms with Crippen LogP contribution in [0.5, 0.6) is 0 Å². The number of nitrogens with one attached hydrogen (secondary N) is 1. The lowest BCUT2D eigenvalue weighted by molar-refractivity contribution is -0.0204. The van der Waals surface area contributed by atoms with Crippen molar-refractivity contribution in [3.8, 4) is 0 Å². The number of rotatable bonds is 6. The van der Waals surface area contributed by atoms with E-state index in [1.165, 1.54) is 12.1 Å². The molecule has 0 aliphatic carbocycles. The van der Waals surface area contributed by atoms with Crippen LogP contribution in [0.3, 0.4) is 0 Å². The first-order valence-corrected chi connectivity index (χ1v) is 6.43. The van der Waals surface area contributed by atoms with Crippen LogP contribution in [0.25, 0.3) is 0 Å². The van der Waals surface area contributed by atoms with E-state index in [-0.39, 0.29) is 18.0 Å². The SMILES string of the molecule is CNCC(OCC1CCCO1)c1cccc(F)c1. The van der Waals surface area contributed by atoms with Gasteiger partial charge in [0.15, 0.2) is 0 Å². The van der Waals surface area contributed by atoms with Crippen LogP contribution in [0.15, 0.2) is 24.3 Å². The minimum atomic E-state index is -0.227. The molecule has 0 saturated carbocycles. The lowest BCUT2D eigenvalue weighted by Gasteiger charge is -2.20. The minimum absolute atomic E-state index is 0.130. The third-order valence-corrected chi connectivity index (χ3v) is 3.12. The van der Waals surface area contributed by atoms with Crippen molar-refractivity contribution in [3.63, 3.8) is 0 Å². The summed E-state index contributed by atoms with van der Waals surface area (Å²) < 4.78 is 24.6. The molecule has 1 aromatic rings. The fourth-order valence-corrected chi connectivity index (χ4v) is 2.16. The fourth-order valence-electron chi connectivity index (χ4n) is 2.16. The van der Waals surface area contributed by atoms with Crippen LogP contribution in [-0.4, -0.2) is 32.9 Å². The summed E-state index contributed by atoms with van der Waals surface area (Å²) >= 11 is 0. The second kappa shape index (κ2) is 6.83. The van der Waals surface area contributed by atoms with Crippen LogP contribution >= 0.6 is 0 Å². The molecule has 0 amide bonds. The lowest BCUT2D eigenvalue weighted by atomic mass is 10.1. The van der Waals surface area contributed by atoms with Gasteiger partial charge in [0, 0.05) is 13.2 Å². The number of hydrogen-bond donors (Lipinski definition) is 1. The summed E-state index contributed by atoms with van der Waals surface area (Å²) in [5, 5.41) is 3.07. The normalized spacial score (nSPS) is 21.1. The average Bonchev–Trinajstić information content (AvgIpc) is 2.87. The van der Waals surface area contributed by atoms with E-state index < -0.39 is 0 Å². The number of benzene rings is 1. The molecule has 3 nitrogen and oxygen atoms in total. The van der Waals surface area contributed by atoms with Gasteiger partial charge in [-0.05, 0) is 37.6 Å². The first-order chi connectivity index (χ1) is 8.79. The Bertz CT molecular complexity index is 367. The number of halogens is 1. The molecule has 1 fully saturated rings. The molecule has 1 aromatic carbocycles. The maximum Gasteiger partial charge on any atom is 0.123 e. The van der Waals surface area contributed by atoms with Crippen molar-refractivity contribution < 1.29 is 13.9 Å². The summed E-state index contributed by atoms with van der Waals surface area (Å²) in [5.74, 6) is -0.227. The highest BCUT2D eigenvalue weighted by molar-refractivity contribution is 5.19. The number of hydrogen-bond acceptors (Lipinski definition) is 3. The highest BCUT2D eigenvalue weighted by Gasteiger charge is 2.19. The molecule has 2 atom stereocenters. The third-order valence-electron chi connectivity index (χ3n) is 3.12. The molecule has 1 heterocycles. The van der Waals surface area contributed by atoms with Crippen molar-refractivity contribution in [1.82, 2.24) is 5.32 Å². The van der Waals surface area contributed by atoms with Crippen LogP contribution in [0, 0.1) is 5.82 Å². The first-order valence-electron chi connectivity index (χ1n) is 6.43. The van der Waals surface area contributed by atoms with E-state index in [9.17, 15) is 4.39 Å². The Labute approximate surface area is 107 Å². The largest absolute Gasteiger partial charge is 0.376 e. The van der Waals surface area contributed by atoms with Crippen molar-refractivity contribution in [1.29, 1.82) is 0 Å². The Morgan fingerprint density at radius 2 is 2.44 bits per heavy atom. The molecule has 1 aliphatic rings. The van der Waals surface area contributed by atoms with Crippen molar-refractivity contribution >= 4 is 0 Å². The number of ether oxygens (including phenoxy) is 2. The first kappa shape index (κ1) is 13.5. The summed E-state index contributed by atoms with van der Waals surface area (Å²) in [6.07, 6.45) is 2.22. The molecule has 0 spiro atoms. The van der Waals surface area contributed by atoms with Gasteiger partial charge in [0.1, 0.15) is 5.82 Å². The van der Waals surface area contributed by atoms with E-state index in [1.54, 1.807) is 6.07 Å². The van der Waals surface area contributed by atoms with Crippen molar-refractivity contribution in [2.45, 2.75) is 25.0 Å². The van der Waals surface area contributed by atoms with Crippen LogP contribution in [0.1, 0.15) is 24.5 Å². The van der Waals surface area contributed by atoms with Gasteiger partial charge in [-0.1, -0.05) is 12.1 Å². The van der Waals surface area contributed by atoms with Gasteiger partial charge >= 0.3 is 0 Å². The van der Waals surface area contributed by atoms with Crippen molar-refractivity contribution in [3.05, 3.63) is 35.6 Å². The molecule has 100 valence electrons. The van der Waals surface area contributed by atoms with Gasteiger partial charge < -0.3 is 14.8 Å². The molecule has 1 saturated heterocycles. The van der Waals surface area contributed by atoms with Crippen LogP contribution in [0.4, 0.5) is 4.39 Å². The monoisotopic (exact) mass is 253 g/mol. The fraction of sp³-hybridized carbons (Fsp3) is 0.571. The highest BCUT2D eigenvalue weighted by Crippen LogP contribution is 2.20. The second-order valence-electron chi connectivity index (χ2n) is 4.57. The summed E-state index contributed by atoms with van der Waals surface area (Å²) in [6.45, 7) is 2.06. The highest BCUT2D eigenvalue weighted by atomic mass is 19.1. The Balaban J connectivity index is 1.94. The van der Waals surface area contributed by atoms with Crippen LogP contribution in [-0.2, 0) is 9.47 Å². The van der Waals surface area contributed by atoms with Gasteiger partial charge in [0.25, 0.3) is 0 Å². The maximum absolute atomic E-state index is 13.2. The van der Waals surface area contributed by atoms with Gasteiger partial charge in [0.05, 0.1) is 18.8 Å². The molecule has 2 rings (SSSR count). The van der Waals surface area contributed by atoms with E-state index in [0.717, 1.165) is 25.0 Å². The molecular weight excluding hydrogens is 233 g/mol. The van der Waals surface area contributed by atoms with Gasteiger partial charge in [-0.3, -0.25) is 0 Å². The third kappa shape index (κ3) is 3.77. The standard InChI is InChI=1S/C14H20FNO2/c1-16-9-14(11-4-2-5-12(15)8-11)18-10-13-6-3-7-17-13/h2,4-5,8,13-14,16H,3,6-7,9-10H2,1H3. The average molecular weight is 253 g/mol. The molecule has 0 aromatic heterocycles. The smallest absolute Gasteiger partial charge is 0.123 e. The Morgan fingerprint density at radius 1 is 1.56 bits per heavy atom. The Hall–Kier alpha value is -0.970. The quantitative estimate of drug-likeness (QED) is 0.843. The molecule has 1 aliphatic heterocycles. The minimum Gasteiger partial charge on any atom is -0.376 e. The van der Waals surface area contributed by atoms with Crippen LogP contribution < -0.4 is 5.32 Å². The van der Waals surface area contributed by atoms with Gasteiger partial charge in [0.2, 0.25) is 0 Å². The molecular formula is C14H20FNO2. The molecule has 0 radical (unpaired) electrons. The maximum atomic E-state index is 13.2. The second-order valence-corrected chi connectivity index (χ2v) is 4.57. The van der Waals surface area contributed by atoms with Crippen molar-refractivity contribution in [2.24, 2.45) is 0 Å². The van der Waals surface area contributed by atoms with E-state index in [1.807, 2.05) is 13.1 Å². The molecule has 18 heavy (non-hydrogen) atoms.